The molecule has 0 fully saturated rings. The molecule has 0 rings (SSSR count). The predicted molar refractivity (Wildman–Crippen MR) is 69.5 cm³/mol. The van der Waals surface area contributed by atoms with E-state index in [-0.39, 0.29) is 0 Å². The SMILES string of the molecule is C=C/C=C(C(/C)=C\C=C/C)\C(Br)=C/C. The van der Waals surface area contributed by atoms with Crippen LogP contribution in [0, 0.1) is 0 Å². The molecule has 0 nitrogen and oxygen atoms in total. The van der Waals surface area contributed by atoms with E-state index in [4.69, 9.17) is 0 Å². The third-order valence-corrected chi connectivity index (χ3v) is 2.64. The topological polar surface area (TPSA) is 0 Å². The Balaban J connectivity index is 5.04. The highest BCUT2D eigenvalue weighted by Crippen LogP contribution is 2.24. The van der Waals surface area contributed by atoms with Gasteiger partial charge in [-0.2, -0.15) is 0 Å². The minimum absolute atomic E-state index is 1.09. The van der Waals surface area contributed by atoms with Crippen molar-refractivity contribution in [3.05, 3.63) is 58.7 Å². The van der Waals surface area contributed by atoms with Crippen molar-refractivity contribution < 1.29 is 0 Å². The summed E-state index contributed by atoms with van der Waals surface area (Å²) in [5.74, 6) is 0. The van der Waals surface area contributed by atoms with E-state index in [2.05, 4.69) is 35.5 Å². The molecule has 0 unspecified atom stereocenters. The molecule has 0 atom stereocenters. The van der Waals surface area contributed by atoms with Crippen LogP contribution in [-0.2, 0) is 0 Å². The van der Waals surface area contributed by atoms with Gasteiger partial charge in [0, 0.05) is 4.48 Å². The van der Waals surface area contributed by atoms with E-state index in [1.165, 1.54) is 11.1 Å². The van der Waals surface area contributed by atoms with Crippen LogP contribution in [0.1, 0.15) is 20.8 Å². The van der Waals surface area contributed by atoms with Gasteiger partial charge in [0.05, 0.1) is 0 Å². The lowest BCUT2D eigenvalue weighted by molar-refractivity contribution is 1.41. The number of hydrogen-bond acceptors (Lipinski definition) is 0. The van der Waals surface area contributed by atoms with Crippen LogP contribution in [0.2, 0.25) is 0 Å². The predicted octanol–water partition coefficient (Wildman–Crippen LogP) is 4.92. The molecule has 0 aromatic carbocycles. The first-order chi connectivity index (χ1) is 6.67. The monoisotopic (exact) mass is 252 g/mol. The van der Waals surface area contributed by atoms with Gasteiger partial charge in [-0.25, -0.2) is 0 Å². The van der Waals surface area contributed by atoms with Crippen LogP contribution >= 0.6 is 15.9 Å². The average Bonchev–Trinajstić information content (AvgIpc) is 2.21. The molecule has 0 aliphatic carbocycles. The molecule has 0 saturated heterocycles. The third kappa shape index (κ3) is 4.43. The molecule has 0 saturated carbocycles. The summed E-state index contributed by atoms with van der Waals surface area (Å²) in [6.07, 6.45) is 12.0. The molecule has 76 valence electrons. The van der Waals surface area contributed by atoms with Crippen molar-refractivity contribution in [3.63, 3.8) is 0 Å². The molecule has 0 amide bonds. The molecule has 0 aliphatic rings. The van der Waals surface area contributed by atoms with E-state index in [0.29, 0.717) is 0 Å². The molecular weight excluding hydrogens is 236 g/mol. The molecule has 0 N–H and O–H groups in total. The lowest BCUT2D eigenvalue weighted by Crippen LogP contribution is -1.84. The van der Waals surface area contributed by atoms with Gasteiger partial charge in [0.15, 0.2) is 0 Å². The molecule has 0 aliphatic heterocycles. The van der Waals surface area contributed by atoms with E-state index in [9.17, 15) is 0 Å². The van der Waals surface area contributed by atoms with Gasteiger partial charge in [0.1, 0.15) is 0 Å². The van der Waals surface area contributed by atoms with Crippen molar-refractivity contribution in [2.45, 2.75) is 20.8 Å². The van der Waals surface area contributed by atoms with Gasteiger partial charge < -0.3 is 0 Å². The van der Waals surface area contributed by atoms with Crippen LogP contribution in [0.4, 0.5) is 0 Å². The quantitative estimate of drug-likeness (QED) is 0.624. The molecule has 0 heterocycles. The summed E-state index contributed by atoms with van der Waals surface area (Å²) in [6, 6.07) is 0. The summed E-state index contributed by atoms with van der Waals surface area (Å²) < 4.78 is 1.09. The van der Waals surface area contributed by atoms with Crippen molar-refractivity contribution in [2.24, 2.45) is 0 Å². The smallest absolute Gasteiger partial charge is 0.0207 e. The Kier molecular flexibility index (Phi) is 7.13. The van der Waals surface area contributed by atoms with Crippen LogP contribution < -0.4 is 0 Å². The van der Waals surface area contributed by atoms with E-state index < -0.39 is 0 Å². The molecular formula is C13H17Br. The summed E-state index contributed by atoms with van der Waals surface area (Å²) in [5, 5.41) is 0. The zero-order chi connectivity index (χ0) is 11.0. The fraction of sp³-hybridized carbons (Fsp3) is 0.231. The molecule has 1 heteroatoms. The zero-order valence-electron chi connectivity index (χ0n) is 9.05. The van der Waals surface area contributed by atoms with Gasteiger partial charge in [-0.1, -0.05) is 59.0 Å². The Morgan fingerprint density at radius 2 is 1.86 bits per heavy atom. The number of hydrogen-bond donors (Lipinski definition) is 0. The zero-order valence-corrected chi connectivity index (χ0v) is 10.6. The summed E-state index contributed by atoms with van der Waals surface area (Å²) in [5.41, 5.74) is 2.38. The Morgan fingerprint density at radius 3 is 2.29 bits per heavy atom. The van der Waals surface area contributed by atoms with Gasteiger partial charge in [-0.05, 0) is 31.9 Å². The second-order valence-corrected chi connectivity index (χ2v) is 3.68. The Hall–Kier alpha value is -0.820. The highest BCUT2D eigenvalue weighted by molar-refractivity contribution is 9.12. The summed E-state index contributed by atoms with van der Waals surface area (Å²) in [6.45, 7) is 9.80. The highest BCUT2D eigenvalue weighted by atomic mass is 79.9. The first kappa shape index (κ1) is 13.2. The fourth-order valence-corrected chi connectivity index (χ4v) is 1.45. The van der Waals surface area contributed by atoms with E-state index in [1.54, 1.807) is 6.08 Å². The molecule has 0 bridgehead atoms. The molecule has 0 aromatic rings. The molecule has 14 heavy (non-hydrogen) atoms. The van der Waals surface area contributed by atoms with Gasteiger partial charge in [0.25, 0.3) is 0 Å². The van der Waals surface area contributed by atoms with E-state index >= 15 is 0 Å². The number of halogens is 1. The maximum Gasteiger partial charge on any atom is 0.0207 e. The van der Waals surface area contributed by atoms with Crippen molar-refractivity contribution in [1.82, 2.24) is 0 Å². The summed E-state index contributed by atoms with van der Waals surface area (Å²) >= 11 is 3.52. The Bertz CT molecular complexity index is 301. The molecule has 0 aromatic heterocycles. The second-order valence-electron chi connectivity index (χ2n) is 2.83. The minimum atomic E-state index is 1.09. The number of allylic oxidation sites excluding steroid dienone is 9. The first-order valence-corrected chi connectivity index (χ1v) is 5.41. The first-order valence-electron chi connectivity index (χ1n) is 4.62. The van der Waals surface area contributed by atoms with Crippen LogP contribution in [-0.4, -0.2) is 0 Å². The third-order valence-electron chi connectivity index (χ3n) is 1.76. The fourth-order valence-electron chi connectivity index (χ4n) is 1.00. The normalized spacial score (nSPS) is 15.0. The van der Waals surface area contributed by atoms with Gasteiger partial charge >= 0.3 is 0 Å². The van der Waals surface area contributed by atoms with Gasteiger partial charge in [0.2, 0.25) is 0 Å². The van der Waals surface area contributed by atoms with Crippen LogP contribution in [0.5, 0.6) is 0 Å². The van der Waals surface area contributed by atoms with E-state index in [0.717, 1.165) is 4.48 Å². The largest absolute Gasteiger partial charge is 0.0990 e. The maximum absolute atomic E-state index is 3.71. The minimum Gasteiger partial charge on any atom is -0.0990 e. The van der Waals surface area contributed by atoms with Gasteiger partial charge in [-0.3, -0.25) is 0 Å². The summed E-state index contributed by atoms with van der Waals surface area (Å²) in [7, 11) is 0. The van der Waals surface area contributed by atoms with Crippen molar-refractivity contribution in [1.29, 1.82) is 0 Å². The average molecular weight is 253 g/mol. The van der Waals surface area contributed by atoms with Crippen molar-refractivity contribution in [3.8, 4) is 0 Å². The maximum atomic E-state index is 3.71. The summed E-state index contributed by atoms with van der Waals surface area (Å²) in [4.78, 5) is 0. The van der Waals surface area contributed by atoms with Crippen molar-refractivity contribution >= 4 is 15.9 Å². The van der Waals surface area contributed by atoms with Crippen molar-refractivity contribution in [2.75, 3.05) is 0 Å². The Morgan fingerprint density at radius 1 is 1.21 bits per heavy atom. The molecule has 0 radical (unpaired) electrons. The Labute approximate surface area is 95.5 Å². The van der Waals surface area contributed by atoms with Crippen LogP contribution in [0.15, 0.2) is 58.7 Å². The van der Waals surface area contributed by atoms with E-state index in [1.807, 2.05) is 38.2 Å². The van der Waals surface area contributed by atoms with Crippen LogP contribution in [0.25, 0.3) is 0 Å². The number of rotatable bonds is 4. The van der Waals surface area contributed by atoms with Gasteiger partial charge in [-0.15, -0.1) is 0 Å². The lowest BCUT2D eigenvalue weighted by atomic mass is 10.1. The molecule has 0 spiro atoms. The van der Waals surface area contributed by atoms with Crippen LogP contribution in [0.3, 0.4) is 0 Å². The standard InChI is InChI=1S/C13H17Br/c1-5-8-10-11(4)12(9-6-2)13(14)7-3/h5-10H,2H2,1,3-4H3/b8-5-,11-10-,12-9-,13-7+. The highest BCUT2D eigenvalue weighted by Gasteiger charge is 2.00. The second kappa shape index (κ2) is 7.57. The lowest BCUT2D eigenvalue weighted by Gasteiger charge is -2.05.